The molecule has 6 heteroatoms. The van der Waals surface area contributed by atoms with Gasteiger partial charge in [0, 0.05) is 17.5 Å². The fraction of sp³-hybridized carbons (Fsp3) is 0.522. The van der Waals surface area contributed by atoms with Gasteiger partial charge in [0.05, 0.1) is 26.8 Å². The third-order valence-corrected chi connectivity index (χ3v) is 7.03. The standard InChI is InChI=1S/C23H30N2O3S/c1-27-19-13-16-10-11-25(15-22(26)24-17-7-4-3-5-8-17)23(21-9-6-12-29-21)18(16)14-20(19)28-2/h6,9,12-14,17,23H,3-5,7-8,10-11,15H2,1-2H3,(H,24,26). The molecule has 0 spiro atoms. The highest BCUT2D eigenvalue weighted by atomic mass is 32.1. The highest BCUT2D eigenvalue weighted by molar-refractivity contribution is 7.10. The number of amides is 1. The van der Waals surface area contributed by atoms with Crippen molar-refractivity contribution in [1.82, 2.24) is 10.2 Å². The first-order chi connectivity index (χ1) is 14.2. The second kappa shape index (κ2) is 9.18. The number of nitrogens with one attached hydrogen (secondary N) is 1. The predicted octanol–water partition coefficient (Wildman–Crippen LogP) is 4.16. The molecule has 1 saturated carbocycles. The quantitative estimate of drug-likeness (QED) is 0.771. The van der Waals surface area contributed by atoms with Gasteiger partial charge in [-0.15, -0.1) is 11.3 Å². The van der Waals surface area contributed by atoms with Gasteiger partial charge in [-0.1, -0.05) is 25.3 Å². The van der Waals surface area contributed by atoms with Crippen molar-refractivity contribution < 1.29 is 14.3 Å². The minimum Gasteiger partial charge on any atom is -0.493 e. The average Bonchev–Trinajstić information content (AvgIpc) is 3.27. The van der Waals surface area contributed by atoms with E-state index in [2.05, 4.69) is 39.9 Å². The Labute approximate surface area is 177 Å². The van der Waals surface area contributed by atoms with E-state index in [0.29, 0.717) is 12.6 Å². The molecule has 29 heavy (non-hydrogen) atoms. The summed E-state index contributed by atoms with van der Waals surface area (Å²) < 4.78 is 11.1. The number of hydrogen-bond acceptors (Lipinski definition) is 5. The van der Waals surface area contributed by atoms with E-state index in [0.717, 1.165) is 37.3 Å². The van der Waals surface area contributed by atoms with Crippen molar-refractivity contribution in [2.24, 2.45) is 0 Å². The highest BCUT2D eigenvalue weighted by Gasteiger charge is 2.32. The van der Waals surface area contributed by atoms with Gasteiger partial charge in [0.2, 0.25) is 5.91 Å². The average molecular weight is 415 g/mol. The SMILES string of the molecule is COc1cc2c(cc1OC)C(c1cccs1)N(CC(=O)NC1CCCCC1)CC2. The van der Waals surface area contributed by atoms with Crippen LogP contribution in [0, 0.1) is 0 Å². The highest BCUT2D eigenvalue weighted by Crippen LogP contribution is 2.42. The molecular formula is C23H30N2O3S. The Hall–Kier alpha value is -2.05. The lowest BCUT2D eigenvalue weighted by atomic mass is 9.90. The summed E-state index contributed by atoms with van der Waals surface area (Å²) in [6, 6.07) is 8.83. The van der Waals surface area contributed by atoms with Crippen LogP contribution in [0.25, 0.3) is 0 Å². The molecule has 1 atom stereocenters. The molecule has 2 heterocycles. The molecule has 1 aromatic carbocycles. The second-order valence-electron chi connectivity index (χ2n) is 7.95. The largest absolute Gasteiger partial charge is 0.493 e. The van der Waals surface area contributed by atoms with E-state index >= 15 is 0 Å². The Bertz CT molecular complexity index is 831. The van der Waals surface area contributed by atoms with Crippen molar-refractivity contribution in [2.75, 3.05) is 27.3 Å². The van der Waals surface area contributed by atoms with Crippen molar-refractivity contribution in [1.29, 1.82) is 0 Å². The van der Waals surface area contributed by atoms with Crippen LogP contribution in [0.15, 0.2) is 29.6 Å². The lowest BCUT2D eigenvalue weighted by Gasteiger charge is -2.37. The molecule has 2 aromatic rings. The summed E-state index contributed by atoms with van der Waals surface area (Å²) >= 11 is 1.74. The Balaban J connectivity index is 1.59. The first kappa shape index (κ1) is 20.2. The Kier molecular flexibility index (Phi) is 6.40. The van der Waals surface area contributed by atoms with Gasteiger partial charge >= 0.3 is 0 Å². The summed E-state index contributed by atoms with van der Waals surface area (Å²) in [6.07, 6.45) is 6.86. The number of carbonyl (C=O) groups excluding carboxylic acids is 1. The summed E-state index contributed by atoms with van der Waals surface area (Å²) in [5.74, 6) is 1.64. The van der Waals surface area contributed by atoms with Crippen molar-refractivity contribution in [3.8, 4) is 11.5 Å². The van der Waals surface area contributed by atoms with Gasteiger partial charge in [0.1, 0.15) is 0 Å². The van der Waals surface area contributed by atoms with E-state index in [4.69, 9.17) is 9.47 Å². The smallest absolute Gasteiger partial charge is 0.234 e. The lowest BCUT2D eigenvalue weighted by molar-refractivity contribution is -0.123. The first-order valence-corrected chi connectivity index (χ1v) is 11.4. The Morgan fingerprint density at radius 1 is 1.17 bits per heavy atom. The maximum Gasteiger partial charge on any atom is 0.234 e. The van der Waals surface area contributed by atoms with Crippen molar-refractivity contribution >= 4 is 17.2 Å². The summed E-state index contributed by atoms with van der Waals surface area (Å²) in [5.41, 5.74) is 2.48. The topological polar surface area (TPSA) is 50.8 Å². The molecule has 156 valence electrons. The molecule has 1 fully saturated rings. The van der Waals surface area contributed by atoms with Gasteiger partial charge < -0.3 is 14.8 Å². The Morgan fingerprint density at radius 2 is 1.93 bits per heavy atom. The number of methoxy groups -OCH3 is 2. The van der Waals surface area contributed by atoms with Gasteiger partial charge in [-0.05, 0) is 54.0 Å². The second-order valence-corrected chi connectivity index (χ2v) is 8.93. The monoisotopic (exact) mass is 414 g/mol. The van der Waals surface area contributed by atoms with E-state index in [-0.39, 0.29) is 11.9 Å². The molecule has 1 unspecified atom stereocenters. The van der Waals surface area contributed by atoms with Crippen molar-refractivity contribution in [3.63, 3.8) is 0 Å². The number of fused-ring (bicyclic) bond motifs is 1. The third-order valence-electron chi connectivity index (χ3n) is 6.10. The molecule has 5 nitrogen and oxygen atoms in total. The number of benzene rings is 1. The zero-order chi connectivity index (χ0) is 20.2. The molecule has 2 aliphatic rings. The summed E-state index contributed by atoms with van der Waals surface area (Å²) in [7, 11) is 3.34. The van der Waals surface area contributed by atoms with Crippen LogP contribution in [-0.4, -0.2) is 44.2 Å². The van der Waals surface area contributed by atoms with E-state index < -0.39 is 0 Å². The van der Waals surface area contributed by atoms with Crippen LogP contribution in [0.2, 0.25) is 0 Å². The van der Waals surface area contributed by atoms with Crippen LogP contribution < -0.4 is 14.8 Å². The number of rotatable bonds is 6. The van der Waals surface area contributed by atoms with E-state index in [1.807, 2.05) is 0 Å². The van der Waals surface area contributed by atoms with Gasteiger partial charge in [-0.25, -0.2) is 0 Å². The molecule has 1 aromatic heterocycles. The zero-order valence-corrected chi connectivity index (χ0v) is 18.1. The molecule has 4 rings (SSSR count). The predicted molar refractivity (Wildman–Crippen MR) is 116 cm³/mol. The van der Waals surface area contributed by atoms with Crippen LogP contribution in [0.1, 0.15) is 54.1 Å². The summed E-state index contributed by atoms with van der Waals surface area (Å²) in [5, 5.41) is 5.38. The number of carbonyl (C=O) groups is 1. The van der Waals surface area contributed by atoms with Crippen molar-refractivity contribution in [3.05, 3.63) is 45.6 Å². The molecule has 0 saturated heterocycles. The maximum atomic E-state index is 12.8. The first-order valence-electron chi connectivity index (χ1n) is 10.5. The van der Waals surface area contributed by atoms with Gasteiger partial charge in [-0.3, -0.25) is 9.69 Å². The maximum absolute atomic E-state index is 12.8. The van der Waals surface area contributed by atoms with Crippen LogP contribution in [-0.2, 0) is 11.2 Å². The fourth-order valence-corrected chi connectivity index (χ4v) is 5.53. The minimum absolute atomic E-state index is 0.0654. The normalized spacial score (nSPS) is 20.1. The molecule has 1 aliphatic carbocycles. The van der Waals surface area contributed by atoms with Crippen LogP contribution in [0.3, 0.4) is 0 Å². The van der Waals surface area contributed by atoms with E-state index in [9.17, 15) is 4.79 Å². The molecule has 1 aliphatic heterocycles. The Morgan fingerprint density at radius 3 is 2.62 bits per heavy atom. The molecular weight excluding hydrogens is 384 g/mol. The van der Waals surface area contributed by atoms with Crippen LogP contribution in [0.4, 0.5) is 0 Å². The molecule has 1 N–H and O–H groups in total. The van der Waals surface area contributed by atoms with Crippen LogP contribution in [0.5, 0.6) is 11.5 Å². The van der Waals surface area contributed by atoms with Gasteiger partial charge in [0.25, 0.3) is 0 Å². The lowest BCUT2D eigenvalue weighted by Crippen LogP contribution is -2.46. The molecule has 0 radical (unpaired) electrons. The number of nitrogens with zero attached hydrogens (tertiary/aromatic N) is 1. The number of ether oxygens (including phenoxy) is 2. The third kappa shape index (κ3) is 4.43. The molecule has 1 amide bonds. The number of hydrogen-bond donors (Lipinski definition) is 1. The molecule has 0 bridgehead atoms. The zero-order valence-electron chi connectivity index (χ0n) is 17.3. The van der Waals surface area contributed by atoms with E-state index in [1.54, 1.807) is 25.6 Å². The summed E-state index contributed by atoms with van der Waals surface area (Å²) in [4.78, 5) is 16.4. The van der Waals surface area contributed by atoms with E-state index in [1.165, 1.54) is 35.3 Å². The number of thiophene rings is 1. The van der Waals surface area contributed by atoms with Crippen molar-refractivity contribution in [2.45, 2.75) is 50.6 Å². The minimum atomic E-state index is 0.0654. The summed E-state index contributed by atoms with van der Waals surface area (Å²) in [6.45, 7) is 1.27. The van der Waals surface area contributed by atoms with Gasteiger partial charge in [0.15, 0.2) is 11.5 Å². The van der Waals surface area contributed by atoms with Gasteiger partial charge in [-0.2, -0.15) is 0 Å². The van der Waals surface area contributed by atoms with Crippen LogP contribution >= 0.6 is 11.3 Å². The fourth-order valence-electron chi connectivity index (χ4n) is 4.65.